The second-order valence-electron chi connectivity index (χ2n) is 8.85. The molecule has 0 bridgehead atoms. The number of amides is 2. The van der Waals surface area contributed by atoms with E-state index in [9.17, 15) is 14.4 Å². The van der Waals surface area contributed by atoms with Gasteiger partial charge < -0.3 is 26.4 Å². The highest BCUT2D eigenvalue weighted by atomic mass is 32.1. The summed E-state index contributed by atoms with van der Waals surface area (Å²) in [5, 5.41) is 16.0. The van der Waals surface area contributed by atoms with E-state index in [4.69, 9.17) is 15.9 Å². The maximum atomic E-state index is 13.3. The zero-order chi connectivity index (χ0) is 28.2. The van der Waals surface area contributed by atoms with Crippen LogP contribution in [-0.2, 0) is 9.53 Å². The second kappa shape index (κ2) is 11.3. The van der Waals surface area contributed by atoms with E-state index in [2.05, 4.69) is 37.8 Å². The van der Waals surface area contributed by atoms with Crippen molar-refractivity contribution in [1.82, 2.24) is 20.6 Å². The van der Waals surface area contributed by atoms with Gasteiger partial charge in [0.25, 0.3) is 11.8 Å². The number of carbonyl (C=O) groups is 3. The number of hydrogen-bond acceptors (Lipinski definition) is 9. The van der Waals surface area contributed by atoms with E-state index < -0.39 is 23.5 Å². The third-order valence-corrected chi connectivity index (χ3v) is 7.13. The number of ether oxygens (including phenoxy) is 1. The predicted molar refractivity (Wildman–Crippen MR) is 147 cm³/mol. The average Bonchev–Trinajstić information content (AvgIpc) is 3.30. The van der Waals surface area contributed by atoms with E-state index in [-0.39, 0.29) is 24.4 Å². The number of nitrogens with one attached hydrogen (secondary N) is 3. The highest BCUT2D eigenvalue weighted by Crippen LogP contribution is 2.38. The number of thiophene rings is 1. The number of esters is 1. The van der Waals surface area contributed by atoms with Crippen LogP contribution >= 0.6 is 11.3 Å². The number of benzene rings is 1. The third kappa shape index (κ3) is 5.73. The average molecular weight is 547 g/mol. The monoisotopic (exact) mass is 546 g/mol. The Labute approximate surface area is 229 Å². The molecule has 1 aliphatic rings. The summed E-state index contributed by atoms with van der Waals surface area (Å²) in [6, 6.07) is 8.19. The molecule has 39 heavy (non-hydrogen) atoms. The number of methoxy groups -OCH3 is 1. The molecule has 7 N–H and O–H groups in total. The number of aryl methyl sites for hydroxylation is 2. The molecular weight excluding hydrogens is 518 g/mol. The Morgan fingerprint density at radius 2 is 1.95 bits per heavy atom. The molecule has 12 heteroatoms. The molecule has 0 saturated heterocycles. The number of rotatable bonds is 8. The Hall–Kier alpha value is -4.76. The van der Waals surface area contributed by atoms with Crippen molar-refractivity contribution in [3.63, 3.8) is 0 Å². The Bertz CT molecular complexity index is 1490. The molecule has 1 aromatic carbocycles. The van der Waals surface area contributed by atoms with Crippen LogP contribution in [-0.4, -0.2) is 59.2 Å². The minimum atomic E-state index is -1.37. The van der Waals surface area contributed by atoms with Gasteiger partial charge >= 0.3 is 5.97 Å². The zero-order valence-electron chi connectivity index (χ0n) is 21.6. The predicted octanol–water partition coefficient (Wildman–Crippen LogP) is 0.223. The van der Waals surface area contributed by atoms with Crippen LogP contribution in [0.15, 0.2) is 35.7 Å². The maximum Gasteiger partial charge on any atom is 0.333 e. The second-order valence-corrected chi connectivity index (χ2v) is 9.80. The molecule has 4 rings (SSSR count). The van der Waals surface area contributed by atoms with Gasteiger partial charge in [0.2, 0.25) is 5.95 Å². The van der Waals surface area contributed by atoms with Crippen LogP contribution in [0, 0.1) is 25.7 Å². The SMILES string of the molecule is COC(=O)C1(NC(=O)c2c(C)nc(NCC#Cc3cccc(N)c3C=[NH2+])nc2C)CC1NC(=O)c1cccs1. The summed E-state index contributed by atoms with van der Waals surface area (Å²) in [6.07, 6.45) is 1.62. The number of nitrogen functional groups attached to an aromatic ring is 1. The Kier molecular flexibility index (Phi) is 7.92. The summed E-state index contributed by atoms with van der Waals surface area (Å²) in [5.74, 6) is 4.78. The molecule has 0 aliphatic heterocycles. The van der Waals surface area contributed by atoms with Crippen molar-refractivity contribution in [3.05, 3.63) is 68.7 Å². The number of nitrogens with two attached hydrogens (primary N) is 2. The largest absolute Gasteiger partial charge is 0.467 e. The molecule has 11 nitrogen and oxygen atoms in total. The smallest absolute Gasteiger partial charge is 0.333 e. The van der Waals surface area contributed by atoms with Gasteiger partial charge in [0, 0.05) is 17.7 Å². The van der Waals surface area contributed by atoms with Crippen LogP contribution in [0.5, 0.6) is 0 Å². The molecule has 1 saturated carbocycles. The van der Waals surface area contributed by atoms with Crippen LogP contribution < -0.4 is 27.1 Å². The Balaban J connectivity index is 1.44. The molecule has 0 radical (unpaired) electrons. The number of carbonyl (C=O) groups excluding carboxylic acids is 3. The first-order chi connectivity index (χ1) is 18.7. The van der Waals surface area contributed by atoms with Crippen LogP contribution in [0.2, 0.25) is 0 Å². The topological polar surface area (TPSA) is 174 Å². The number of hydrogen-bond donors (Lipinski definition) is 5. The summed E-state index contributed by atoms with van der Waals surface area (Å²) >= 11 is 1.28. The summed E-state index contributed by atoms with van der Waals surface area (Å²) in [6.45, 7) is 3.58. The highest BCUT2D eigenvalue weighted by molar-refractivity contribution is 7.12. The van der Waals surface area contributed by atoms with E-state index in [1.807, 2.05) is 6.07 Å². The molecule has 2 aromatic heterocycles. The van der Waals surface area contributed by atoms with Crippen LogP contribution in [0.4, 0.5) is 11.6 Å². The van der Waals surface area contributed by atoms with E-state index in [1.165, 1.54) is 24.7 Å². The van der Waals surface area contributed by atoms with Crippen molar-refractivity contribution in [1.29, 1.82) is 0 Å². The minimum Gasteiger partial charge on any atom is -0.467 e. The maximum absolute atomic E-state index is 13.3. The standard InChI is InChI=1S/C27H27N7O4S/c1-15-22(16(2)32-26(31-15)30-11-5-8-17-7-4-9-19(29)18(17)14-28)24(36)34-27(25(37)38-3)13-21(27)33-23(35)20-10-6-12-39-20/h4,6-7,9-10,12,14,21,28H,11,13,29H2,1-3H3,(H,33,35)(H,34,36)(H,30,31,32)/p+1. The molecule has 2 heterocycles. The van der Waals surface area contributed by atoms with Crippen molar-refractivity contribution >= 4 is 47.0 Å². The van der Waals surface area contributed by atoms with E-state index in [0.717, 1.165) is 0 Å². The first-order valence-electron chi connectivity index (χ1n) is 12.0. The lowest BCUT2D eigenvalue weighted by Gasteiger charge is -2.19. The number of aromatic nitrogens is 2. The molecule has 1 fully saturated rings. The Morgan fingerprint density at radius 3 is 2.59 bits per heavy atom. The fourth-order valence-electron chi connectivity index (χ4n) is 4.20. The van der Waals surface area contributed by atoms with Gasteiger partial charge in [-0.25, -0.2) is 14.8 Å². The molecule has 0 spiro atoms. The lowest BCUT2D eigenvalue weighted by molar-refractivity contribution is -0.144. The number of nitrogens with zero attached hydrogens (tertiary/aromatic N) is 2. The normalized spacial score (nSPS) is 17.3. The first-order valence-corrected chi connectivity index (χ1v) is 12.8. The molecule has 2 amide bonds. The summed E-state index contributed by atoms with van der Waals surface area (Å²) in [4.78, 5) is 47.6. The first kappa shape index (κ1) is 27.3. The van der Waals surface area contributed by atoms with Crippen LogP contribution in [0.1, 0.15) is 49.0 Å². The van der Waals surface area contributed by atoms with Gasteiger partial charge in [0.1, 0.15) is 0 Å². The van der Waals surface area contributed by atoms with E-state index >= 15 is 0 Å². The molecular formula is C27H28N7O4S+. The van der Waals surface area contributed by atoms with Crippen molar-refractivity contribution < 1.29 is 24.5 Å². The van der Waals surface area contributed by atoms with Gasteiger partial charge in [-0.15, -0.1) is 11.3 Å². The molecule has 2 unspecified atom stereocenters. The third-order valence-electron chi connectivity index (χ3n) is 6.26. The highest BCUT2D eigenvalue weighted by Gasteiger charge is 2.63. The number of anilines is 2. The fraction of sp³-hybridized carbons (Fsp3) is 0.259. The lowest BCUT2D eigenvalue weighted by atomic mass is 10.1. The zero-order valence-corrected chi connectivity index (χ0v) is 22.4. The minimum absolute atomic E-state index is 0.205. The van der Waals surface area contributed by atoms with Crippen molar-refractivity contribution in [2.45, 2.75) is 31.8 Å². The van der Waals surface area contributed by atoms with Crippen molar-refractivity contribution in [2.75, 3.05) is 24.7 Å². The van der Waals surface area contributed by atoms with Crippen LogP contribution in [0.25, 0.3) is 0 Å². The van der Waals surface area contributed by atoms with Gasteiger partial charge in [-0.2, -0.15) is 0 Å². The van der Waals surface area contributed by atoms with Crippen molar-refractivity contribution in [3.8, 4) is 11.8 Å². The van der Waals surface area contributed by atoms with E-state index in [1.54, 1.807) is 43.5 Å². The van der Waals surface area contributed by atoms with Crippen molar-refractivity contribution in [2.24, 2.45) is 0 Å². The fourth-order valence-corrected chi connectivity index (χ4v) is 4.83. The summed E-state index contributed by atoms with van der Waals surface area (Å²) in [5.41, 5.74) is 7.50. The molecule has 200 valence electrons. The lowest BCUT2D eigenvalue weighted by Crippen LogP contribution is -2.50. The van der Waals surface area contributed by atoms with Gasteiger partial charge in [0.15, 0.2) is 11.8 Å². The molecule has 1 aliphatic carbocycles. The van der Waals surface area contributed by atoms with Crippen LogP contribution in [0.3, 0.4) is 0 Å². The van der Waals surface area contributed by atoms with Gasteiger partial charge in [-0.1, -0.05) is 24.0 Å². The van der Waals surface area contributed by atoms with Gasteiger partial charge in [-0.05, 0) is 37.4 Å². The van der Waals surface area contributed by atoms with Gasteiger partial charge in [-0.3, -0.25) is 15.0 Å². The molecule has 3 aromatic rings. The quantitative estimate of drug-likeness (QED) is 0.115. The summed E-state index contributed by atoms with van der Waals surface area (Å²) < 4.78 is 4.93. The Morgan fingerprint density at radius 1 is 1.21 bits per heavy atom. The van der Waals surface area contributed by atoms with Gasteiger partial charge in [0.05, 0.1) is 47.1 Å². The summed E-state index contributed by atoms with van der Waals surface area (Å²) in [7, 11) is 1.23. The van der Waals surface area contributed by atoms with E-state index in [0.29, 0.717) is 39.0 Å². The molecule has 2 atom stereocenters.